The maximum absolute atomic E-state index is 14.0. The van der Waals surface area contributed by atoms with Crippen molar-refractivity contribution < 1.29 is 23.8 Å². The fourth-order valence-electron chi connectivity index (χ4n) is 5.16. The first kappa shape index (κ1) is 37.0. The summed E-state index contributed by atoms with van der Waals surface area (Å²) in [5.41, 5.74) is 0.00644. The number of halogens is 2. The van der Waals surface area contributed by atoms with Gasteiger partial charge >= 0.3 is 5.69 Å². The summed E-state index contributed by atoms with van der Waals surface area (Å²) < 4.78 is 21.8. The first-order chi connectivity index (χ1) is 21.3. The first-order valence-corrected chi connectivity index (χ1v) is 15.6. The van der Waals surface area contributed by atoms with E-state index in [1.807, 2.05) is 13.8 Å². The SMILES string of the molecule is COc1ccc(F)cc1CCn1c(=O)n(C(C)C(=O)N(C)C(C)C)c(=O)c2c(C)c(-n3nccn3)sc21.I.O=C1CCC(O)CC1. The molecule has 1 N–H and O–H groups in total. The number of benzene rings is 1. The average molecular weight is 771 g/mol. The quantitative estimate of drug-likeness (QED) is 0.265. The third-order valence-corrected chi connectivity index (χ3v) is 9.33. The molecule has 0 bridgehead atoms. The molecule has 1 amide bonds. The Balaban J connectivity index is 0.000000559. The van der Waals surface area contributed by atoms with Crippen molar-refractivity contribution in [3.63, 3.8) is 0 Å². The molecule has 250 valence electrons. The zero-order valence-electron chi connectivity index (χ0n) is 26.7. The number of aryl methyl sites for hydroxylation is 3. The number of ketones is 1. The van der Waals surface area contributed by atoms with Crippen molar-refractivity contribution in [2.75, 3.05) is 14.2 Å². The molecule has 3 aromatic heterocycles. The molecule has 0 radical (unpaired) electrons. The van der Waals surface area contributed by atoms with Gasteiger partial charge in [-0.2, -0.15) is 10.2 Å². The monoisotopic (exact) mass is 770 g/mol. The molecule has 15 heteroatoms. The van der Waals surface area contributed by atoms with Crippen LogP contribution in [-0.4, -0.2) is 72.1 Å². The van der Waals surface area contributed by atoms with Crippen molar-refractivity contribution in [2.45, 2.75) is 84.5 Å². The Bertz CT molecular complexity index is 1790. The topological polar surface area (TPSA) is 142 Å². The number of carbonyl (C=O) groups is 2. The van der Waals surface area contributed by atoms with Crippen molar-refractivity contribution >= 4 is 57.2 Å². The summed E-state index contributed by atoms with van der Waals surface area (Å²) in [6, 6.07) is 3.05. The van der Waals surface area contributed by atoms with Crippen LogP contribution in [0, 0.1) is 12.7 Å². The van der Waals surface area contributed by atoms with Crippen molar-refractivity contribution in [3.8, 4) is 10.8 Å². The second-order valence-electron chi connectivity index (χ2n) is 11.3. The number of amides is 1. The van der Waals surface area contributed by atoms with Crippen LogP contribution in [0.25, 0.3) is 15.2 Å². The van der Waals surface area contributed by atoms with E-state index >= 15 is 0 Å². The zero-order valence-corrected chi connectivity index (χ0v) is 29.9. The Morgan fingerprint density at radius 1 is 1.15 bits per heavy atom. The molecule has 1 saturated carbocycles. The van der Waals surface area contributed by atoms with Crippen LogP contribution in [0.5, 0.6) is 5.75 Å². The van der Waals surface area contributed by atoms with Gasteiger partial charge in [0, 0.05) is 38.0 Å². The van der Waals surface area contributed by atoms with Crippen LogP contribution >= 0.6 is 35.3 Å². The molecule has 5 rings (SSSR count). The fourth-order valence-corrected chi connectivity index (χ4v) is 6.40. The highest BCUT2D eigenvalue weighted by Crippen LogP contribution is 2.31. The average Bonchev–Trinajstić information content (AvgIpc) is 3.66. The Morgan fingerprint density at radius 2 is 1.78 bits per heavy atom. The van der Waals surface area contributed by atoms with Crippen LogP contribution in [0.15, 0.2) is 40.2 Å². The summed E-state index contributed by atoms with van der Waals surface area (Å²) in [7, 11) is 3.13. The standard InChI is InChI=1S/C25H29FN6O4S.C6H10O2.HI/c1-14(2)29(5)21(33)16(4)31-22(34)20-15(3)23(32-27-10-11-28-32)37-24(20)30(25(31)35)12-9-17-13-18(26)7-8-19(17)36-6;7-5-1-2-6(8)4-3-5;/h7-8,10-11,13-14,16H,9,12H2,1-6H3;5,7H,1-4H2;1H. The Labute approximate surface area is 286 Å². The number of thiophene rings is 1. The van der Waals surface area contributed by atoms with Crippen LogP contribution in [0.3, 0.4) is 0 Å². The van der Waals surface area contributed by atoms with Crippen LogP contribution < -0.4 is 16.0 Å². The predicted octanol–water partition coefficient (Wildman–Crippen LogP) is 4.04. The highest BCUT2D eigenvalue weighted by Gasteiger charge is 2.28. The first-order valence-electron chi connectivity index (χ1n) is 14.8. The molecule has 1 aromatic carbocycles. The molecule has 0 spiro atoms. The van der Waals surface area contributed by atoms with Gasteiger partial charge < -0.3 is 14.7 Å². The molecular weight excluding hydrogens is 730 g/mol. The molecular formula is C31H40FIN6O6S. The van der Waals surface area contributed by atoms with E-state index in [1.165, 1.54) is 63.3 Å². The molecule has 3 heterocycles. The lowest BCUT2D eigenvalue weighted by atomic mass is 9.97. The van der Waals surface area contributed by atoms with Crippen molar-refractivity contribution in [3.05, 3.63) is 68.4 Å². The number of Topliss-reactive ketones (excluding diaryl/α,β-unsaturated/α-hetero) is 1. The minimum absolute atomic E-state index is 0. The van der Waals surface area contributed by atoms with Crippen LogP contribution in [0.2, 0.25) is 0 Å². The molecule has 0 saturated heterocycles. The lowest BCUT2D eigenvalue weighted by Gasteiger charge is -2.26. The van der Waals surface area contributed by atoms with E-state index in [1.54, 1.807) is 20.9 Å². The summed E-state index contributed by atoms with van der Waals surface area (Å²) in [5, 5.41) is 18.1. The number of likely N-dealkylation sites (N-methyl/N-ethyl adjacent to an activating group) is 1. The van der Waals surface area contributed by atoms with Gasteiger partial charge in [0.05, 0.1) is 31.0 Å². The Kier molecular flexibility index (Phi) is 12.8. The Hall–Kier alpha value is -3.44. The van der Waals surface area contributed by atoms with Gasteiger partial charge in [0.15, 0.2) is 0 Å². The molecule has 0 aliphatic heterocycles. The van der Waals surface area contributed by atoms with E-state index < -0.39 is 23.1 Å². The molecule has 1 unspecified atom stereocenters. The highest BCUT2D eigenvalue weighted by molar-refractivity contribution is 14.0. The fraction of sp³-hybridized carbons (Fsp3) is 0.484. The van der Waals surface area contributed by atoms with E-state index in [-0.39, 0.29) is 55.0 Å². The van der Waals surface area contributed by atoms with Gasteiger partial charge in [-0.05, 0) is 70.7 Å². The smallest absolute Gasteiger partial charge is 0.332 e. The Morgan fingerprint density at radius 3 is 2.35 bits per heavy atom. The van der Waals surface area contributed by atoms with Gasteiger partial charge in [0.25, 0.3) is 5.56 Å². The number of hydrogen-bond acceptors (Lipinski definition) is 9. The summed E-state index contributed by atoms with van der Waals surface area (Å²) in [6.45, 7) is 7.15. The van der Waals surface area contributed by atoms with Crippen LogP contribution in [-0.2, 0) is 22.6 Å². The maximum atomic E-state index is 14.0. The molecule has 12 nitrogen and oxygen atoms in total. The number of rotatable bonds is 8. The van der Waals surface area contributed by atoms with E-state index in [4.69, 9.17) is 9.84 Å². The summed E-state index contributed by atoms with van der Waals surface area (Å²) >= 11 is 1.21. The normalized spacial score (nSPS) is 14.1. The van der Waals surface area contributed by atoms with Crippen LogP contribution in [0.4, 0.5) is 4.39 Å². The van der Waals surface area contributed by atoms with Gasteiger partial charge in [0.1, 0.15) is 33.2 Å². The molecule has 4 aromatic rings. The summed E-state index contributed by atoms with van der Waals surface area (Å²) in [4.78, 5) is 54.5. The van der Waals surface area contributed by atoms with Gasteiger partial charge in [0.2, 0.25) is 5.91 Å². The van der Waals surface area contributed by atoms with Crippen molar-refractivity contribution in [1.82, 2.24) is 29.0 Å². The number of aliphatic hydroxyl groups excluding tert-OH is 1. The number of hydrogen-bond donors (Lipinski definition) is 1. The maximum Gasteiger partial charge on any atom is 0.332 e. The number of aromatic nitrogens is 5. The summed E-state index contributed by atoms with van der Waals surface area (Å²) in [6.07, 6.45) is 5.63. The largest absolute Gasteiger partial charge is 0.496 e. The third kappa shape index (κ3) is 7.91. The minimum Gasteiger partial charge on any atom is -0.496 e. The van der Waals surface area contributed by atoms with Crippen molar-refractivity contribution in [1.29, 1.82) is 0 Å². The van der Waals surface area contributed by atoms with E-state index in [2.05, 4.69) is 10.2 Å². The molecule has 46 heavy (non-hydrogen) atoms. The highest BCUT2D eigenvalue weighted by atomic mass is 127. The third-order valence-electron chi connectivity index (χ3n) is 8.05. The van der Waals surface area contributed by atoms with Gasteiger partial charge in [-0.15, -0.1) is 28.8 Å². The molecule has 1 fully saturated rings. The predicted molar refractivity (Wildman–Crippen MR) is 184 cm³/mol. The van der Waals surface area contributed by atoms with E-state index in [9.17, 15) is 23.6 Å². The van der Waals surface area contributed by atoms with E-state index in [0.717, 1.165) is 4.57 Å². The number of aliphatic hydroxyl groups is 1. The lowest BCUT2D eigenvalue weighted by molar-refractivity contribution is -0.134. The van der Waals surface area contributed by atoms with Gasteiger partial charge in [-0.25, -0.2) is 13.8 Å². The van der Waals surface area contributed by atoms with Gasteiger partial charge in [-0.1, -0.05) is 11.3 Å². The number of methoxy groups -OCH3 is 1. The van der Waals surface area contributed by atoms with Gasteiger partial charge in [-0.3, -0.25) is 19.0 Å². The van der Waals surface area contributed by atoms with E-state index in [0.29, 0.717) is 63.6 Å². The number of ether oxygens (including phenoxy) is 1. The van der Waals surface area contributed by atoms with Crippen LogP contribution in [0.1, 0.15) is 63.6 Å². The lowest BCUT2D eigenvalue weighted by Crippen LogP contribution is -2.47. The zero-order chi connectivity index (χ0) is 33.0. The molecule has 1 aliphatic carbocycles. The number of fused-ring (bicyclic) bond motifs is 1. The summed E-state index contributed by atoms with van der Waals surface area (Å²) in [5.74, 6) is 0.0159. The number of carbonyl (C=O) groups excluding carboxylic acids is 2. The number of nitrogens with zero attached hydrogens (tertiary/aromatic N) is 6. The second-order valence-corrected chi connectivity index (χ2v) is 12.3. The minimum atomic E-state index is -1.03. The second kappa shape index (κ2) is 15.9. The molecule has 1 atom stereocenters. The van der Waals surface area contributed by atoms with Crippen molar-refractivity contribution in [2.24, 2.45) is 0 Å². The molecule has 1 aliphatic rings.